The highest BCUT2D eigenvalue weighted by atomic mass is 19.1. The number of para-hydroxylation sites is 1. The molecule has 0 spiro atoms. The van der Waals surface area contributed by atoms with Crippen LogP contribution in [0.3, 0.4) is 0 Å². The normalized spacial score (nSPS) is 22.1. The maximum absolute atomic E-state index is 14.7. The molecule has 3 heterocycles. The van der Waals surface area contributed by atoms with E-state index in [1.165, 1.54) is 6.07 Å². The van der Waals surface area contributed by atoms with Crippen LogP contribution in [0.2, 0.25) is 0 Å². The molecule has 1 aliphatic carbocycles. The Hall–Kier alpha value is -3.48. The number of nitriles is 1. The molecule has 1 saturated heterocycles. The Bertz CT molecular complexity index is 1290. The van der Waals surface area contributed by atoms with E-state index in [1.54, 1.807) is 30.7 Å². The lowest BCUT2D eigenvalue weighted by atomic mass is 9.77. The summed E-state index contributed by atoms with van der Waals surface area (Å²) in [5.41, 5.74) is 1.11. The first-order chi connectivity index (χ1) is 17.5. The Balaban J connectivity index is 1.38. The van der Waals surface area contributed by atoms with Crippen LogP contribution in [0.15, 0.2) is 42.9 Å². The number of carbonyl (C=O) groups excluding carboxylic acids is 1. The number of halogens is 1. The second-order valence-electron chi connectivity index (χ2n) is 9.80. The predicted octanol–water partition coefficient (Wildman–Crippen LogP) is 3.25. The molecular weight excluding hydrogens is 459 g/mol. The van der Waals surface area contributed by atoms with Gasteiger partial charge in [-0.05, 0) is 43.4 Å². The average Bonchev–Trinajstić information content (AvgIpc) is 2.91. The van der Waals surface area contributed by atoms with E-state index < -0.39 is 23.2 Å². The van der Waals surface area contributed by atoms with Crippen LogP contribution in [0.1, 0.15) is 60.3 Å². The number of rotatable bonds is 5. The molecule has 186 valence electrons. The number of aliphatic hydroxyl groups excluding tert-OH is 1. The van der Waals surface area contributed by atoms with E-state index in [4.69, 9.17) is 0 Å². The fraction of sp³-hybridized carbons (Fsp3) is 0.444. The topological polar surface area (TPSA) is 115 Å². The van der Waals surface area contributed by atoms with Crippen LogP contribution in [0.4, 0.5) is 4.39 Å². The van der Waals surface area contributed by atoms with Crippen molar-refractivity contribution in [2.75, 3.05) is 13.1 Å². The standard InChI is InChI=1S/C27H29FN6O2/c28-20-5-3-4-19-18(14-22(32-25(19)20)26(36)33-21-6-1-2-7-23(21)35)16-34-12-8-27(17-29,9-13-34)24-15-30-10-11-31-24/h3-5,10-11,14-15,21,23,35H,1-2,6-9,12-13,16H2,(H,33,36)/t21-,23-/m0/s1. The molecule has 2 aliphatic rings. The predicted molar refractivity (Wildman–Crippen MR) is 131 cm³/mol. The Labute approximate surface area is 209 Å². The van der Waals surface area contributed by atoms with Gasteiger partial charge in [0.2, 0.25) is 0 Å². The number of carbonyl (C=O) groups is 1. The van der Waals surface area contributed by atoms with Crippen molar-refractivity contribution >= 4 is 16.8 Å². The zero-order chi connectivity index (χ0) is 25.1. The molecule has 2 aromatic heterocycles. The number of likely N-dealkylation sites (tertiary alicyclic amines) is 1. The molecule has 2 fully saturated rings. The molecule has 1 aliphatic heterocycles. The van der Waals surface area contributed by atoms with Gasteiger partial charge >= 0.3 is 0 Å². The SMILES string of the molecule is N#CC1(c2cnccn2)CCN(Cc2cc(C(=O)N[C@H]3CCCC[C@@H]3O)nc3c(F)cccc23)CC1. The average molecular weight is 489 g/mol. The van der Waals surface area contributed by atoms with Crippen molar-refractivity contribution in [2.24, 2.45) is 0 Å². The third kappa shape index (κ3) is 4.79. The Morgan fingerprint density at radius 1 is 1.25 bits per heavy atom. The molecule has 1 amide bonds. The van der Waals surface area contributed by atoms with Crippen LogP contribution in [0.5, 0.6) is 0 Å². The number of benzene rings is 1. The minimum atomic E-state index is -0.678. The number of pyridine rings is 1. The second kappa shape index (κ2) is 10.2. The number of aromatic nitrogens is 3. The van der Waals surface area contributed by atoms with Crippen LogP contribution in [0, 0.1) is 17.1 Å². The molecule has 1 saturated carbocycles. The lowest BCUT2D eigenvalue weighted by Gasteiger charge is -2.36. The maximum Gasteiger partial charge on any atom is 0.270 e. The number of fused-ring (bicyclic) bond motifs is 1. The molecule has 36 heavy (non-hydrogen) atoms. The van der Waals surface area contributed by atoms with E-state index >= 15 is 0 Å². The summed E-state index contributed by atoms with van der Waals surface area (Å²) in [5.74, 6) is -0.886. The molecule has 2 N–H and O–H groups in total. The summed E-state index contributed by atoms with van der Waals surface area (Å²) in [6.45, 7) is 1.80. The first kappa shape index (κ1) is 24.2. The van der Waals surface area contributed by atoms with Crippen molar-refractivity contribution in [3.05, 3.63) is 65.6 Å². The number of nitrogens with one attached hydrogen (secondary N) is 1. The van der Waals surface area contributed by atoms with Crippen molar-refractivity contribution in [3.8, 4) is 6.07 Å². The van der Waals surface area contributed by atoms with Gasteiger partial charge in [0.05, 0.1) is 30.1 Å². The van der Waals surface area contributed by atoms with E-state index in [1.807, 2.05) is 6.07 Å². The highest BCUT2D eigenvalue weighted by Crippen LogP contribution is 2.34. The third-order valence-corrected chi connectivity index (χ3v) is 7.53. The lowest BCUT2D eigenvalue weighted by molar-refractivity contribution is 0.0714. The van der Waals surface area contributed by atoms with Gasteiger partial charge in [0.15, 0.2) is 0 Å². The largest absolute Gasteiger partial charge is 0.391 e. The van der Waals surface area contributed by atoms with Crippen LogP contribution in [-0.4, -0.2) is 56.1 Å². The van der Waals surface area contributed by atoms with E-state index in [2.05, 4.69) is 31.2 Å². The summed E-state index contributed by atoms with van der Waals surface area (Å²) in [7, 11) is 0. The van der Waals surface area contributed by atoms with Crippen LogP contribution in [0.25, 0.3) is 10.9 Å². The minimum Gasteiger partial charge on any atom is -0.391 e. The molecule has 0 bridgehead atoms. The smallest absolute Gasteiger partial charge is 0.270 e. The zero-order valence-electron chi connectivity index (χ0n) is 20.0. The van der Waals surface area contributed by atoms with Gasteiger partial charge in [0.1, 0.15) is 22.4 Å². The zero-order valence-corrected chi connectivity index (χ0v) is 20.0. The van der Waals surface area contributed by atoms with Gasteiger partial charge < -0.3 is 10.4 Å². The number of hydrogen-bond donors (Lipinski definition) is 2. The Morgan fingerprint density at radius 3 is 2.78 bits per heavy atom. The van der Waals surface area contributed by atoms with Gasteiger partial charge in [-0.25, -0.2) is 9.37 Å². The molecule has 1 aromatic carbocycles. The molecule has 0 radical (unpaired) electrons. The number of aliphatic hydroxyl groups is 1. The number of hydrogen-bond acceptors (Lipinski definition) is 7. The molecule has 0 unspecified atom stereocenters. The highest BCUT2D eigenvalue weighted by molar-refractivity contribution is 5.96. The summed E-state index contributed by atoms with van der Waals surface area (Å²) in [5, 5.41) is 23.8. The van der Waals surface area contributed by atoms with Crippen LogP contribution in [-0.2, 0) is 12.0 Å². The van der Waals surface area contributed by atoms with Gasteiger partial charge in [0.25, 0.3) is 5.91 Å². The van der Waals surface area contributed by atoms with Gasteiger partial charge in [0, 0.05) is 37.4 Å². The van der Waals surface area contributed by atoms with Crippen LogP contribution >= 0.6 is 0 Å². The van der Waals surface area contributed by atoms with Crippen molar-refractivity contribution in [1.82, 2.24) is 25.2 Å². The molecule has 8 nitrogen and oxygen atoms in total. The summed E-state index contributed by atoms with van der Waals surface area (Å²) in [6.07, 6.45) is 8.74. The van der Waals surface area contributed by atoms with Gasteiger partial charge in [-0.2, -0.15) is 5.26 Å². The van der Waals surface area contributed by atoms with E-state index in [-0.39, 0.29) is 17.3 Å². The molecule has 3 aromatic rings. The first-order valence-electron chi connectivity index (χ1n) is 12.5. The monoisotopic (exact) mass is 488 g/mol. The number of nitrogens with zero attached hydrogens (tertiary/aromatic N) is 5. The minimum absolute atomic E-state index is 0.142. The fourth-order valence-electron chi connectivity index (χ4n) is 5.36. The number of amides is 1. The highest BCUT2D eigenvalue weighted by Gasteiger charge is 2.38. The summed E-state index contributed by atoms with van der Waals surface area (Å²) >= 11 is 0. The van der Waals surface area contributed by atoms with Crippen LogP contribution < -0.4 is 5.32 Å². The lowest BCUT2D eigenvalue weighted by Crippen LogP contribution is -2.45. The summed E-state index contributed by atoms with van der Waals surface area (Å²) < 4.78 is 14.7. The number of piperidine rings is 1. The second-order valence-corrected chi connectivity index (χ2v) is 9.80. The van der Waals surface area contributed by atoms with E-state index in [0.717, 1.165) is 18.4 Å². The maximum atomic E-state index is 14.7. The van der Waals surface area contributed by atoms with E-state index in [0.29, 0.717) is 56.4 Å². The van der Waals surface area contributed by atoms with E-state index in [9.17, 15) is 19.6 Å². The van der Waals surface area contributed by atoms with Gasteiger partial charge in [-0.1, -0.05) is 25.0 Å². The molecule has 5 rings (SSSR count). The Kier molecular flexibility index (Phi) is 6.90. The Morgan fingerprint density at radius 2 is 2.06 bits per heavy atom. The van der Waals surface area contributed by atoms with Crippen molar-refractivity contribution in [1.29, 1.82) is 5.26 Å². The molecular formula is C27H29FN6O2. The summed E-state index contributed by atoms with van der Waals surface area (Å²) in [6, 6.07) is 8.66. The van der Waals surface area contributed by atoms with Crippen molar-refractivity contribution in [2.45, 2.75) is 62.6 Å². The molecule has 2 atom stereocenters. The van der Waals surface area contributed by atoms with Gasteiger partial charge in [-0.3, -0.25) is 19.7 Å². The fourth-order valence-corrected chi connectivity index (χ4v) is 5.36. The van der Waals surface area contributed by atoms with Crippen molar-refractivity contribution in [3.63, 3.8) is 0 Å². The molecule has 9 heteroatoms. The third-order valence-electron chi connectivity index (χ3n) is 7.53. The first-order valence-corrected chi connectivity index (χ1v) is 12.5. The van der Waals surface area contributed by atoms with Crippen molar-refractivity contribution < 1.29 is 14.3 Å². The summed E-state index contributed by atoms with van der Waals surface area (Å²) in [4.78, 5) is 28.1. The quantitative estimate of drug-likeness (QED) is 0.566. The van der Waals surface area contributed by atoms with Gasteiger partial charge in [-0.15, -0.1) is 0 Å².